The van der Waals surface area contributed by atoms with Gasteiger partial charge in [-0.2, -0.15) is 0 Å². The monoisotopic (exact) mass is 173 g/mol. The van der Waals surface area contributed by atoms with E-state index in [1.165, 1.54) is 6.20 Å². The zero-order chi connectivity index (χ0) is 8.10. The number of rotatable bonds is 1. The van der Waals surface area contributed by atoms with Gasteiger partial charge in [-0.3, -0.25) is 4.98 Å². The summed E-state index contributed by atoms with van der Waals surface area (Å²) in [6, 6.07) is 3.18. The van der Waals surface area contributed by atoms with Crippen molar-refractivity contribution < 1.29 is 13.8 Å². The summed E-state index contributed by atoms with van der Waals surface area (Å²) in [5.74, 6) is 0.290. The molecule has 1 aromatic heterocycles. The van der Waals surface area contributed by atoms with Gasteiger partial charge in [-0.1, -0.05) is 0 Å². The zero-order valence-electron chi connectivity index (χ0n) is 5.36. The highest BCUT2D eigenvalue weighted by molar-refractivity contribution is 6.12. The van der Waals surface area contributed by atoms with Gasteiger partial charge in [0, 0.05) is 6.20 Å². The molecule has 0 aromatic carbocycles. The average Bonchev–Trinajstić information content (AvgIpc) is 2.06. The van der Waals surface area contributed by atoms with Crippen LogP contribution in [0.3, 0.4) is 0 Å². The largest absolute Gasteiger partial charge is 0.532 e. The molecule has 0 saturated carbocycles. The Morgan fingerprint density at radius 3 is 3.00 bits per heavy atom. The van der Waals surface area contributed by atoms with Crippen LogP contribution in [0, 0.1) is 0 Å². The van der Waals surface area contributed by atoms with Gasteiger partial charge in [0.1, 0.15) is 11.9 Å². The lowest BCUT2D eigenvalue weighted by Gasteiger charge is -1.97. The second-order valence-corrected chi connectivity index (χ2v) is 1.77. The Balaban J connectivity index is 2.58. The smallest absolute Gasteiger partial charge is 0.392 e. The van der Waals surface area contributed by atoms with E-state index in [1.54, 1.807) is 18.3 Å². The van der Waals surface area contributed by atoms with Crippen molar-refractivity contribution >= 4 is 18.0 Å². The third-order valence-electron chi connectivity index (χ3n) is 0.899. The molecule has 11 heavy (non-hydrogen) atoms. The number of ether oxygens (including phenoxy) is 1. The number of halogens is 1. The van der Waals surface area contributed by atoms with E-state index in [-0.39, 0.29) is 5.75 Å². The molecule has 5 heteroatoms. The van der Waals surface area contributed by atoms with Gasteiger partial charge in [0.15, 0.2) is 5.75 Å². The lowest BCUT2D eigenvalue weighted by molar-refractivity contribution is 0.156. The molecule has 0 radical (unpaired) electrons. The molecule has 0 aliphatic rings. The van der Waals surface area contributed by atoms with Crippen LogP contribution in [-0.2, 0) is 4.29 Å². The first-order valence-electron chi connectivity index (χ1n) is 2.73. The highest BCUT2D eigenvalue weighted by Gasteiger charge is 2.02. The zero-order valence-corrected chi connectivity index (χ0v) is 6.12. The van der Waals surface area contributed by atoms with Crippen molar-refractivity contribution in [3.05, 3.63) is 24.5 Å². The normalized spacial score (nSPS) is 8.82. The molecule has 0 fully saturated rings. The molecule has 1 rings (SSSR count). The van der Waals surface area contributed by atoms with E-state index >= 15 is 0 Å². The van der Waals surface area contributed by atoms with Crippen LogP contribution in [0.15, 0.2) is 24.5 Å². The Kier molecular flexibility index (Phi) is 2.68. The van der Waals surface area contributed by atoms with Crippen molar-refractivity contribution in [3.8, 4) is 5.75 Å². The molecule has 0 saturated heterocycles. The third kappa shape index (κ3) is 2.43. The van der Waals surface area contributed by atoms with Gasteiger partial charge in [0.05, 0.1) is 6.20 Å². The fourth-order valence-electron chi connectivity index (χ4n) is 0.519. The Morgan fingerprint density at radius 2 is 2.45 bits per heavy atom. The molecule has 0 amide bonds. The Hall–Kier alpha value is -1.29. The molecule has 1 aromatic rings. The predicted molar refractivity (Wildman–Crippen MR) is 37.2 cm³/mol. The van der Waals surface area contributed by atoms with Crippen molar-refractivity contribution in [2.75, 3.05) is 0 Å². The minimum absolute atomic E-state index is 0.290. The fraction of sp³-hybridized carbons (Fsp3) is 0. The van der Waals surface area contributed by atoms with Gasteiger partial charge in [0.25, 0.3) is 0 Å². The Morgan fingerprint density at radius 1 is 1.64 bits per heavy atom. The summed E-state index contributed by atoms with van der Waals surface area (Å²) in [5.41, 5.74) is 0. The fourth-order valence-corrected chi connectivity index (χ4v) is 0.551. The van der Waals surface area contributed by atoms with E-state index in [2.05, 4.69) is 14.0 Å². The van der Waals surface area contributed by atoms with Gasteiger partial charge in [-0.25, -0.2) is 4.79 Å². The standard InChI is InChI=1S/C6H4ClNO3/c7-11-6(9)10-5-2-1-3-8-4-5/h1-4H. The third-order valence-corrected chi connectivity index (χ3v) is 1.02. The van der Waals surface area contributed by atoms with Crippen LogP contribution < -0.4 is 4.74 Å². The van der Waals surface area contributed by atoms with Gasteiger partial charge in [-0.05, 0) is 12.1 Å². The summed E-state index contributed by atoms with van der Waals surface area (Å²) in [4.78, 5) is 14.1. The molecule has 4 nitrogen and oxygen atoms in total. The van der Waals surface area contributed by atoms with Gasteiger partial charge >= 0.3 is 6.16 Å². The maximum absolute atomic E-state index is 10.4. The van der Waals surface area contributed by atoms with E-state index in [9.17, 15) is 4.79 Å². The number of carbonyl (C=O) groups excluding carboxylic acids is 1. The van der Waals surface area contributed by atoms with E-state index in [4.69, 9.17) is 11.9 Å². The maximum Gasteiger partial charge on any atom is 0.532 e. The van der Waals surface area contributed by atoms with Crippen molar-refractivity contribution in [3.63, 3.8) is 0 Å². The maximum atomic E-state index is 10.4. The Labute approximate surface area is 67.9 Å². The number of pyridine rings is 1. The van der Waals surface area contributed by atoms with Crippen LogP contribution in [0.4, 0.5) is 4.79 Å². The van der Waals surface area contributed by atoms with Crippen LogP contribution in [0.5, 0.6) is 5.75 Å². The first-order chi connectivity index (χ1) is 5.33. The summed E-state index contributed by atoms with van der Waals surface area (Å²) < 4.78 is 8.25. The van der Waals surface area contributed by atoms with Crippen LogP contribution in [0.25, 0.3) is 0 Å². The van der Waals surface area contributed by atoms with Gasteiger partial charge in [0.2, 0.25) is 0 Å². The van der Waals surface area contributed by atoms with E-state index in [0.29, 0.717) is 0 Å². The topological polar surface area (TPSA) is 48.4 Å². The van der Waals surface area contributed by atoms with Crippen molar-refractivity contribution in [1.82, 2.24) is 4.98 Å². The van der Waals surface area contributed by atoms with E-state index in [0.717, 1.165) is 0 Å². The number of aromatic nitrogens is 1. The second kappa shape index (κ2) is 3.78. The minimum Gasteiger partial charge on any atom is -0.392 e. The second-order valence-electron chi connectivity index (χ2n) is 1.62. The molecular weight excluding hydrogens is 170 g/mol. The molecule has 0 bridgehead atoms. The molecule has 0 atom stereocenters. The summed E-state index contributed by atoms with van der Waals surface area (Å²) in [5, 5.41) is 0. The molecular formula is C6H4ClNO3. The Bertz CT molecular complexity index is 239. The van der Waals surface area contributed by atoms with Crippen LogP contribution >= 0.6 is 11.9 Å². The van der Waals surface area contributed by atoms with Crippen molar-refractivity contribution in [2.45, 2.75) is 0 Å². The number of hydrogen-bond acceptors (Lipinski definition) is 4. The quantitative estimate of drug-likeness (QED) is 0.607. The van der Waals surface area contributed by atoms with E-state index < -0.39 is 6.16 Å². The molecule has 0 unspecified atom stereocenters. The average molecular weight is 174 g/mol. The summed E-state index contributed by atoms with van der Waals surface area (Å²) in [7, 11) is 0. The molecule has 0 aliphatic heterocycles. The number of nitrogens with zero attached hydrogens (tertiary/aromatic N) is 1. The first-order valence-corrected chi connectivity index (χ1v) is 3.04. The minimum atomic E-state index is -0.973. The summed E-state index contributed by atoms with van der Waals surface area (Å²) >= 11 is 4.71. The SMILES string of the molecule is O=C(OCl)Oc1cccnc1. The number of carbonyl (C=O) groups is 1. The molecule has 1 heterocycles. The lowest BCUT2D eigenvalue weighted by Crippen LogP contribution is -2.04. The molecule has 0 N–H and O–H groups in total. The lowest BCUT2D eigenvalue weighted by atomic mass is 10.5. The van der Waals surface area contributed by atoms with Crippen molar-refractivity contribution in [1.29, 1.82) is 0 Å². The van der Waals surface area contributed by atoms with Crippen LogP contribution in [-0.4, -0.2) is 11.1 Å². The summed E-state index contributed by atoms with van der Waals surface area (Å²) in [6.45, 7) is 0. The van der Waals surface area contributed by atoms with Gasteiger partial charge < -0.3 is 9.03 Å². The van der Waals surface area contributed by atoms with Gasteiger partial charge in [-0.15, -0.1) is 0 Å². The molecule has 0 aliphatic carbocycles. The first kappa shape index (κ1) is 7.81. The molecule has 58 valence electrons. The molecule has 0 spiro atoms. The van der Waals surface area contributed by atoms with Crippen molar-refractivity contribution in [2.24, 2.45) is 0 Å². The number of hydrogen-bond donors (Lipinski definition) is 0. The highest BCUT2D eigenvalue weighted by Crippen LogP contribution is 2.07. The van der Waals surface area contributed by atoms with Crippen LogP contribution in [0.1, 0.15) is 0 Å². The summed E-state index contributed by atoms with van der Waals surface area (Å²) in [6.07, 6.45) is 1.95. The predicted octanol–water partition coefficient (Wildman–Crippen LogP) is 1.75. The van der Waals surface area contributed by atoms with E-state index in [1.807, 2.05) is 0 Å². The highest BCUT2D eigenvalue weighted by atomic mass is 35.5. The van der Waals surface area contributed by atoms with Crippen LogP contribution in [0.2, 0.25) is 0 Å².